The van der Waals surface area contributed by atoms with Gasteiger partial charge in [-0.05, 0) is 36.1 Å². The molecule has 0 saturated carbocycles. The number of rotatable bonds is 8. The zero-order valence-corrected chi connectivity index (χ0v) is 20.5. The minimum absolute atomic E-state index is 0.0354. The van der Waals surface area contributed by atoms with Crippen molar-refractivity contribution >= 4 is 22.6 Å². The highest BCUT2D eigenvalue weighted by Gasteiger charge is 2.17. The van der Waals surface area contributed by atoms with E-state index in [1.807, 2.05) is 78.1 Å². The fourth-order valence-corrected chi connectivity index (χ4v) is 4.47. The van der Waals surface area contributed by atoms with Crippen LogP contribution in [0.5, 0.6) is 0 Å². The molecule has 0 aliphatic rings. The first-order valence-electron chi connectivity index (χ1n) is 12.2. The Morgan fingerprint density at radius 1 is 0.944 bits per heavy atom. The molecule has 1 N–H and O–H groups in total. The SMILES string of the molecule is Cc1ccc(Cn2c(=O)c3ccccc3n3c(CCC(=O)NCC(C)c4ccccc4)nnc23)cc1. The summed E-state index contributed by atoms with van der Waals surface area (Å²) in [5.41, 5.74) is 4.01. The third-order valence-corrected chi connectivity index (χ3v) is 6.59. The number of carbonyl (C=O) groups is 1. The standard InChI is InChI=1S/C29H29N5O2/c1-20-12-14-22(15-13-20)19-33-28(36)24-10-6-7-11-25(24)34-26(31-32-29(33)34)16-17-27(35)30-18-21(2)23-8-4-3-5-9-23/h3-15,21H,16-19H2,1-2H3,(H,30,35). The Kier molecular flexibility index (Phi) is 6.62. The van der Waals surface area contributed by atoms with Crippen LogP contribution >= 0.6 is 0 Å². The normalized spacial score (nSPS) is 12.2. The van der Waals surface area contributed by atoms with Gasteiger partial charge in [-0.1, -0.05) is 79.2 Å². The van der Waals surface area contributed by atoms with Crippen molar-refractivity contribution in [1.82, 2.24) is 24.5 Å². The van der Waals surface area contributed by atoms with Gasteiger partial charge in [-0.15, -0.1) is 10.2 Å². The lowest BCUT2D eigenvalue weighted by Crippen LogP contribution is -2.28. The number of benzene rings is 3. The molecular formula is C29H29N5O2. The zero-order chi connectivity index (χ0) is 25.1. The minimum atomic E-state index is -0.106. The topological polar surface area (TPSA) is 81.3 Å². The molecule has 1 atom stereocenters. The van der Waals surface area contributed by atoms with Crippen LogP contribution < -0.4 is 10.9 Å². The van der Waals surface area contributed by atoms with E-state index in [0.29, 0.717) is 36.5 Å². The highest BCUT2D eigenvalue weighted by Crippen LogP contribution is 2.17. The Bertz CT molecular complexity index is 1570. The molecule has 1 unspecified atom stereocenters. The van der Waals surface area contributed by atoms with Crippen LogP contribution in [0.15, 0.2) is 83.7 Å². The number of aromatic nitrogens is 4. The van der Waals surface area contributed by atoms with E-state index in [1.54, 1.807) is 4.57 Å². The van der Waals surface area contributed by atoms with Gasteiger partial charge in [0.05, 0.1) is 17.4 Å². The molecule has 5 aromatic rings. The van der Waals surface area contributed by atoms with E-state index in [9.17, 15) is 9.59 Å². The lowest BCUT2D eigenvalue weighted by Gasteiger charge is -2.13. The summed E-state index contributed by atoms with van der Waals surface area (Å²) in [6.07, 6.45) is 0.702. The van der Waals surface area contributed by atoms with Crippen LogP contribution in [-0.2, 0) is 17.8 Å². The minimum Gasteiger partial charge on any atom is -0.355 e. The monoisotopic (exact) mass is 479 g/mol. The molecule has 7 heteroatoms. The maximum atomic E-state index is 13.4. The van der Waals surface area contributed by atoms with Crippen LogP contribution in [0, 0.1) is 6.92 Å². The molecule has 5 rings (SSSR count). The second-order valence-corrected chi connectivity index (χ2v) is 9.26. The van der Waals surface area contributed by atoms with Crippen molar-refractivity contribution < 1.29 is 4.79 Å². The third kappa shape index (κ3) is 4.77. The van der Waals surface area contributed by atoms with Crippen molar-refractivity contribution in [3.05, 3.63) is 112 Å². The Morgan fingerprint density at radius 2 is 1.67 bits per heavy atom. The molecule has 0 radical (unpaired) electrons. The average molecular weight is 480 g/mol. The molecule has 0 aliphatic carbocycles. The number of fused-ring (bicyclic) bond motifs is 3. The first kappa shape index (κ1) is 23.5. The number of carbonyl (C=O) groups excluding carboxylic acids is 1. The second kappa shape index (κ2) is 10.2. The van der Waals surface area contributed by atoms with Gasteiger partial charge in [0.25, 0.3) is 5.56 Å². The number of para-hydroxylation sites is 1. The fraction of sp³-hybridized carbons (Fsp3) is 0.241. The Balaban J connectivity index is 1.39. The van der Waals surface area contributed by atoms with Crippen LogP contribution in [0.1, 0.15) is 41.8 Å². The van der Waals surface area contributed by atoms with Crippen LogP contribution in [-0.4, -0.2) is 31.6 Å². The lowest BCUT2D eigenvalue weighted by atomic mass is 10.0. The smallest absolute Gasteiger partial charge is 0.263 e. The molecule has 3 aromatic carbocycles. The molecule has 0 bridgehead atoms. The Hall–Kier alpha value is -4.26. The summed E-state index contributed by atoms with van der Waals surface area (Å²) in [5, 5.41) is 12.4. The summed E-state index contributed by atoms with van der Waals surface area (Å²) < 4.78 is 3.57. The molecule has 0 fully saturated rings. The van der Waals surface area contributed by atoms with Crippen molar-refractivity contribution in [3.63, 3.8) is 0 Å². The summed E-state index contributed by atoms with van der Waals surface area (Å²) in [6.45, 7) is 5.10. The van der Waals surface area contributed by atoms with E-state index in [0.717, 1.165) is 16.6 Å². The van der Waals surface area contributed by atoms with E-state index in [2.05, 4.69) is 34.6 Å². The fourth-order valence-electron chi connectivity index (χ4n) is 4.47. The van der Waals surface area contributed by atoms with Gasteiger partial charge in [0.15, 0.2) is 0 Å². The zero-order valence-electron chi connectivity index (χ0n) is 20.5. The molecule has 2 heterocycles. The van der Waals surface area contributed by atoms with E-state index in [1.165, 1.54) is 5.56 Å². The van der Waals surface area contributed by atoms with E-state index < -0.39 is 0 Å². The average Bonchev–Trinajstić information content (AvgIpc) is 3.34. The van der Waals surface area contributed by atoms with Crippen LogP contribution in [0.4, 0.5) is 0 Å². The maximum absolute atomic E-state index is 13.4. The van der Waals surface area contributed by atoms with Gasteiger partial charge in [-0.2, -0.15) is 0 Å². The van der Waals surface area contributed by atoms with Gasteiger partial charge in [-0.25, -0.2) is 0 Å². The van der Waals surface area contributed by atoms with Crippen molar-refractivity contribution in [1.29, 1.82) is 0 Å². The highest BCUT2D eigenvalue weighted by atomic mass is 16.1. The summed E-state index contributed by atoms with van der Waals surface area (Å²) in [6, 6.07) is 25.7. The molecule has 2 aromatic heterocycles. The van der Waals surface area contributed by atoms with E-state index in [-0.39, 0.29) is 23.8 Å². The van der Waals surface area contributed by atoms with Crippen LogP contribution in [0.2, 0.25) is 0 Å². The van der Waals surface area contributed by atoms with Gasteiger partial charge >= 0.3 is 0 Å². The maximum Gasteiger partial charge on any atom is 0.263 e. The number of nitrogens with one attached hydrogen (secondary N) is 1. The first-order chi connectivity index (χ1) is 17.5. The lowest BCUT2D eigenvalue weighted by molar-refractivity contribution is -0.121. The van der Waals surface area contributed by atoms with Gasteiger partial charge in [0.2, 0.25) is 11.7 Å². The first-order valence-corrected chi connectivity index (χ1v) is 12.2. The third-order valence-electron chi connectivity index (χ3n) is 6.59. The number of hydrogen-bond donors (Lipinski definition) is 1. The summed E-state index contributed by atoms with van der Waals surface area (Å²) in [5.74, 6) is 1.33. The van der Waals surface area contributed by atoms with Gasteiger partial charge < -0.3 is 5.32 Å². The Morgan fingerprint density at radius 3 is 2.44 bits per heavy atom. The predicted octanol–water partition coefficient (Wildman–Crippen LogP) is 4.25. The number of amides is 1. The van der Waals surface area contributed by atoms with Crippen molar-refractivity contribution in [2.24, 2.45) is 0 Å². The molecular weight excluding hydrogens is 450 g/mol. The van der Waals surface area contributed by atoms with Crippen LogP contribution in [0.3, 0.4) is 0 Å². The predicted molar refractivity (Wildman–Crippen MR) is 141 cm³/mol. The summed E-state index contributed by atoms with van der Waals surface area (Å²) in [7, 11) is 0. The largest absolute Gasteiger partial charge is 0.355 e. The molecule has 0 saturated heterocycles. The number of nitrogens with zero attached hydrogens (tertiary/aromatic N) is 4. The second-order valence-electron chi connectivity index (χ2n) is 9.26. The van der Waals surface area contributed by atoms with Gasteiger partial charge in [0.1, 0.15) is 5.82 Å². The molecule has 36 heavy (non-hydrogen) atoms. The molecule has 7 nitrogen and oxygen atoms in total. The van der Waals surface area contributed by atoms with Crippen LogP contribution in [0.25, 0.3) is 16.7 Å². The molecule has 0 aliphatic heterocycles. The van der Waals surface area contributed by atoms with Gasteiger partial charge in [0, 0.05) is 19.4 Å². The molecule has 1 amide bonds. The number of aryl methyl sites for hydroxylation is 2. The summed E-state index contributed by atoms with van der Waals surface area (Å²) >= 11 is 0. The van der Waals surface area contributed by atoms with E-state index >= 15 is 0 Å². The molecule has 0 spiro atoms. The molecule has 182 valence electrons. The number of hydrogen-bond acceptors (Lipinski definition) is 4. The van der Waals surface area contributed by atoms with Gasteiger partial charge in [-0.3, -0.25) is 18.6 Å². The quantitative estimate of drug-likeness (QED) is 0.361. The van der Waals surface area contributed by atoms with Crippen molar-refractivity contribution in [2.75, 3.05) is 6.54 Å². The van der Waals surface area contributed by atoms with E-state index in [4.69, 9.17) is 0 Å². The van der Waals surface area contributed by atoms with Crippen molar-refractivity contribution in [3.8, 4) is 0 Å². The highest BCUT2D eigenvalue weighted by molar-refractivity contribution is 5.80. The summed E-state index contributed by atoms with van der Waals surface area (Å²) in [4.78, 5) is 26.0. The Labute approximate surface area is 209 Å². The van der Waals surface area contributed by atoms with Crippen molar-refractivity contribution in [2.45, 2.75) is 39.2 Å².